The molecule has 0 unspecified atom stereocenters. The fourth-order valence-corrected chi connectivity index (χ4v) is 3.52. The van der Waals surface area contributed by atoms with Gasteiger partial charge < -0.3 is 4.98 Å². The summed E-state index contributed by atoms with van der Waals surface area (Å²) in [5.41, 5.74) is -0.713. The Hall–Kier alpha value is -2.94. The van der Waals surface area contributed by atoms with E-state index in [0.29, 0.717) is 0 Å². The number of benzene rings is 2. The third kappa shape index (κ3) is 2.93. The van der Waals surface area contributed by atoms with Gasteiger partial charge in [0.05, 0.1) is 21.5 Å². The largest absolute Gasteiger partial charge is 0.328 e. The van der Waals surface area contributed by atoms with E-state index in [0.717, 1.165) is 4.57 Å². The van der Waals surface area contributed by atoms with E-state index >= 15 is 0 Å². The number of H-pyrrole nitrogens is 1. The zero-order valence-electron chi connectivity index (χ0n) is 13.3. The molecule has 25 heavy (non-hydrogen) atoms. The summed E-state index contributed by atoms with van der Waals surface area (Å²) >= 11 is 0. The second kappa shape index (κ2) is 5.85. The standard InChI is InChI=1S/C16H14FN3O4S/c1-9-12(17)4-3-5-13(9)19-25(23,24)10-6-7-14-11(8-10)15(21)20(2)16(22)18-14/h3-8,19H,1-2H3,(H,18,22). The highest BCUT2D eigenvalue weighted by Crippen LogP contribution is 2.22. The first-order chi connectivity index (χ1) is 11.7. The lowest BCUT2D eigenvalue weighted by Gasteiger charge is -2.11. The normalized spacial score (nSPS) is 11.6. The van der Waals surface area contributed by atoms with Crippen molar-refractivity contribution in [3.05, 3.63) is 68.6 Å². The summed E-state index contributed by atoms with van der Waals surface area (Å²) in [4.78, 5) is 26.1. The van der Waals surface area contributed by atoms with Crippen molar-refractivity contribution < 1.29 is 12.8 Å². The van der Waals surface area contributed by atoms with E-state index in [-0.39, 0.29) is 27.0 Å². The number of nitrogens with zero attached hydrogens (tertiary/aromatic N) is 1. The Morgan fingerprint density at radius 3 is 2.60 bits per heavy atom. The van der Waals surface area contributed by atoms with Gasteiger partial charge in [-0.3, -0.25) is 14.1 Å². The average Bonchev–Trinajstić information content (AvgIpc) is 2.56. The highest BCUT2D eigenvalue weighted by atomic mass is 32.2. The van der Waals surface area contributed by atoms with Crippen molar-refractivity contribution in [1.82, 2.24) is 9.55 Å². The molecule has 2 N–H and O–H groups in total. The molecule has 0 amide bonds. The molecule has 0 atom stereocenters. The molecule has 0 aliphatic rings. The van der Waals surface area contributed by atoms with Crippen LogP contribution < -0.4 is 16.0 Å². The number of hydrogen-bond acceptors (Lipinski definition) is 4. The minimum absolute atomic E-state index is 0.0564. The van der Waals surface area contributed by atoms with E-state index in [1.807, 2.05) is 0 Å². The summed E-state index contributed by atoms with van der Waals surface area (Å²) in [7, 11) is -2.75. The molecule has 0 bridgehead atoms. The topological polar surface area (TPSA) is 101 Å². The highest BCUT2D eigenvalue weighted by Gasteiger charge is 2.18. The van der Waals surface area contributed by atoms with Crippen LogP contribution in [-0.4, -0.2) is 18.0 Å². The zero-order valence-corrected chi connectivity index (χ0v) is 14.1. The van der Waals surface area contributed by atoms with Gasteiger partial charge in [0.15, 0.2) is 0 Å². The predicted octanol–water partition coefficient (Wildman–Crippen LogP) is 1.48. The van der Waals surface area contributed by atoms with Crippen molar-refractivity contribution >= 4 is 26.6 Å². The summed E-state index contributed by atoms with van der Waals surface area (Å²) in [6, 6.07) is 7.82. The van der Waals surface area contributed by atoms with E-state index in [2.05, 4.69) is 9.71 Å². The van der Waals surface area contributed by atoms with Crippen LogP contribution in [0.15, 0.2) is 50.9 Å². The van der Waals surface area contributed by atoms with E-state index < -0.39 is 27.1 Å². The van der Waals surface area contributed by atoms with Crippen LogP contribution in [0.4, 0.5) is 10.1 Å². The monoisotopic (exact) mass is 363 g/mol. The molecule has 9 heteroatoms. The fourth-order valence-electron chi connectivity index (χ4n) is 2.37. The van der Waals surface area contributed by atoms with Crippen molar-refractivity contribution in [1.29, 1.82) is 0 Å². The van der Waals surface area contributed by atoms with Crippen LogP contribution in [0.3, 0.4) is 0 Å². The molecule has 0 aliphatic heterocycles. The number of nitrogens with one attached hydrogen (secondary N) is 2. The lowest BCUT2D eigenvalue weighted by Crippen LogP contribution is -2.32. The molecule has 7 nitrogen and oxygen atoms in total. The minimum Gasteiger partial charge on any atom is -0.307 e. The Balaban J connectivity index is 2.13. The van der Waals surface area contributed by atoms with Gasteiger partial charge in [-0.2, -0.15) is 0 Å². The molecule has 0 aliphatic carbocycles. The summed E-state index contributed by atoms with van der Waals surface area (Å²) in [5, 5.41) is 0.0564. The van der Waals surface area contributed by atoms with E-state index in [4.69, 9.17) is 0 Å². The molecule has 1 aromatic heterocycles. The van der Waals surface area contributed by atoms with Crippen molar-refractivity contribution in [3.8, 4) is 0 Å². The van der Waals surface area contributed by atoms with Gasteiger partial charge >= 0.3 is 5.69 Å². The molecule has 0 radical (unpaired) electrons. The second-order valence-electron chi connectivity index (χ2n) is 5.52. The number of sulfonamides is 1. The van der Waals surface area contributed by atoms with Gasteiger partial charge in [-0.1, -0.05) is 6.07 Å². The van der Waals surface area contributed by atoms with Gasteiger partial charge in [0, 0.05) is 12.6 Å². The number of aromatic nitrogens is 2. The van der Waals surface area contributed by atoms with Crippen molar-refractivity contribution in [2.45, 2.75) is 11.8 Å². The quantitative estimate of drug-likeness (QED) is 0.736. The van der Waals surface area contributed by atoms with Gasteiger partial charge in [0.2, 0.25) is 0 Å². The molecule has 0 saturated carbocycles. The second-order valence-corrected chi connectivity index (χ2v) is 7.20. The number of halogens is 1. The summed E-state index contributed by atoms with van der Waals surface area (Å²) in [6.45, 7) is 1.45. The van der Waals surface area contributed by atoms with Gasteiger partial charge in [0.1, 0.15) is 5.82 Å². The first kappa shape index (κ1) is 16.9. The summed E-state index contributed by atoms with van der Waals surface area (Å²) in [5.74, 6) is -0.537. The average molecular weight is 363 g/mol. The Morgan fingerprint density at radius 2 is 1.88 bits per heavy atom. The SMILES string of the molecule is Cc1c(F)cccc1NS(=O)(=O)c1ccc2[nH]c(=O)n(C)c(=O)c2c1. The maximum absolute atomic E-state index is 13.6. The van der Waals surface area contributed by atoms with Crippen LogP contribution in [0.25, 0.3) is 10.9 Å². The van der Waals surface area contributed by atoms with Gasteiger partial charge in [-0.15, -0.1) is 0 Å². The lowest BCUT2D eigenvalue weighted by molar-refractivity contribution is 0.601. The third-order valence-corrected chi connectivity index (χ3v) is 5.26. The lowest BCUT2D eigenvalue weighted by atomic mass is 10.2. The molecule has 3 aromatic rings. The van der Waals surface area contributed by atoms with Crippen LogP contribution in [0.5, 0.6) is 0 Å². The Labute approximate surface area is 141 Å². The number of hydrogen-bond donors (Lipinski definition) is 2. The fraction of sp³-hybridized carbons (Fsp3) is 0.125. The van der Waals surface area contributed by atoms with Crippen LogP contribution in [-0.2, 0) is 17.1 Å². The maximum atomic E-state index is 13.6. The first-order valence-electron chi connectivity index (χ1n) is 7.22. The molecule has 1 heterocycles. The zero-order chi connectivity index (χ0) is 18.4. The van der Waals surface area contributed by atoms with Crippen molar-refractivity contribution in [3.63, 3.8) is 0 Å². The summed E-state index contributed by atoms with van der Waals surface area (Å²) < 4.78 is 41.9. The maximum Gasteiger partial charge on any atom is 0.328 e. The van der Waals surface area contributed by atoms with Gasteiger partial charge in [0.25, 0.3) is 15.6 Å². The molecular weight excluding hydrogens is 349 g/mol. The molecule has 0 fully saturated rings. The van der Waals surface area contributed by atoms with E-state index in [1.54, 1.807) is 0 Å². The van der Waals surface area contributed by atoms with Gasteiger partial charge in [-0.25, -0.2) is 17.6 Å². The van der Waals surface area contributed by atoms with Crippen molar-refractivity contribution in [2.75, 3.05) is 4.72 Å². The van der Waals surface area contributed by atoms with E-state index in [1.165, 1.54) is 50.4 Å². The summed E-state index contributed by atoms with van der Waals surface area (Å²) in [6.07, 6.45) is 0. The molecular formula is C16H14FN3O4S. The molecule has 3 rings (SSSR count). The number of anilines is 1. The molecule has 2 aromatic carbocycles. The minimum atomic E-state index is -4.04. The Morgan fingerprint density at radius 1 is 1.16 bits per heavy atom. The molecule has 0 spiro atoms. The Bertz CT molecular complexity index is 1210. The highest BCUT2D eigenvalue weighted by molar-refractivity contribution is 7.92. The van der Waals surface area contributed by atoms with E-state index in [9.17, 15) is 22.4 Å². The van der Waals surface area contributed by atoms with Crippen LogP contribution in [0.2, 0.25) is 0 Å². The first-order valence-corrected chi connectivity index (χ1v) is 8.70. The number of aromatic amines is 1. The van der Waals surface area contributed by atoms with Gasteiger partial charge in [-0.05, 0) is 37.3 Å². The molecule has 0 saturated heterocycles. The van der Waals surface area contributed by atoms with Crippen molar-refractivity contribution in [2.24, 2.45) is 7.05 Å². The van der Waals surface area contributed by atoms with Crippen LogP contribution in [0, 0.1) is 12.7 Å². The Kier molecular flexibility index (Phi) is 3.96. The molecule has 130 valence electrons. The number of fused-ring (bicyclic) bond motifs is 1. The predicted molar refractivity (Wildman–Crippen MR) is 91.8 cm³/mol. The van der Waals surface area contributed by atoms with Crippen LogP contribution in [0.1, 0.15) is 5.56 Å². The third-order valence-electron chi connectivity index (χ3n) is 3.89. The number of rotatable bonds is 3. The smallest absolute Gasteiger partial charge is 0.307 e. The van der Waals surface area contributed by atoms with Crippen LogP contribution >= 0.6 is 0 Å².